The molecule has 6 N–H and O–H groups in total. The van der Waals surface area contributed by atoms with Gasteiger partial charge in [-0.15, -0.1) is 0 Å². The van der Waals surface area contributed by atoms with Gasteiger partial charge in [0.25, 0.3) is 0 Å². The maximum Gasteiger partial charge on any atom is 0.349 e. The Kier molecular flexibility index (Phi) is 6.27. The molecule has 118 valence electrons. The van der Waals surface area contributed by atoms with Crippen LogP contribution >= 0.6 is 0 Å². The van der Waals surface area contributed by atoms with Gasteiger partial charge in [-0.25, -0.2) is 4.79 Å². The molecule has 0 fully saturated rings. The number of nitrogens with two attached hydrogens (primary N) is 1. The molecular weight excluding hydrogens is 294 g/mol. The Morgan fingerprint density at radius 2 is 1.38 bits per heavy atom. The minimum Gasteiger partial charge on any atom is -0.481 e. The first-order valence-electron chi connectivity index (χ1n) is 5.37. The van der Waals surface area contributed by atoms with E-state index in [1.54, 1.807) is 0 Å². The van der Waals surface area contributed by atoms with E-state index in [2.05, 4.69) is 4.74 Å². The molecule has 11 nitrogen and oxygen atoms in total. The van der Waals surface area contributed by atoms with Gasteiger partial charge in [-0.3, -0.25) is 19.2 Å². The summed E-state index contributed by atoms with van der Waals surface area (Å²) >= 11 is 0. The Labute approximate surface area is 116 Å². The molecule has 0 aliphatic rings. The Morgan fingerprint density at radius 1 is 0.952 bits per heavy atom. The number of carboxylic acid groups (broad SMARTS) is 4. The average Bonchev–Trinajstić information content (AvgIpc) is 2.25. The van der Waals surface area contributed by atoms with Crippen LogP contribution in [0.4, 0.5) is 0 Å². The Bertz CT molecular complexity index is 454. The summed E-state index contributed by atoms with van der Waals surface area (Å²) in [7, 11) is 0. The zero-order chi connectivity index (χ0) is 16.8. The standard InChI is InChI=1S/C10H13NO10/c11-4(8(17)18)1-7(16)21-10(9(19)20,2-5(12)13)3-6(14)15/h4H,1-3,11H2,(H,12,13)(H,14,15)(H,17,18)(H,19,20). The molecule has 0 aliphatic heterocycles. The molecule has 1 unspecified atom stereocenters. The highest BCUT2D eigenvalue weighted by atomic mass is 16.6. The fourth-order valence-corrected chi connectivity index (χ4v) is 1.34. The molecule has 0 spiro atoms. The minimum absolute atomic E-state index is 0.941. The second-order valence-electron chi connectivity index (χ2n) is 4.06. The van der Waals surface area contributed by atoms with Crippen molar-refractivity contribution in [1.29, 1.82) is 0 Å². The lowest BCUT2D eigenvalue weighted by Crippen LogP contribution is -2.48. The van der Waals surface area contributed by atoms with Crippen LogP contribution in [0, 0.1) is 0 Å². The molecule has 0 aromatic heterocycles. The van der Waals surface area contributed by atoms with Crippen LogP contribution in [0.25, 0.3) is 0 Å². The van der Waals surface area contributed by atoms with E-state index in [1.165, 1.54) is 0 Å². The third kappa shape index (κ3) is 5.86. The summed E-state index contributed by atoms with van der Waals surface area (Å²) in [6.45, 7) is 0. The van der Waals surface area contributed by atoms with Gasteiger partial charge in [0.15, 0.2) is 0 Å². The van der Waals surface area contributed by atoms with Crippen molar-refractivity contribution in [3.05, 3.63) is 0 Å². The van der Waals surface area contributed by atoms with Crippen LogP contribution < -0.4 is 5.73 Å². The predicted octanol–water partition coefficient (Wildman–Crippen LogP) is -1.90. The van der Waals surface area contributed by atoms with Crippen LogP contribution in [0.5, 0.6) is 0 Å². The Morgan fingerprint density at radius 3 is 1.67 bits per heavy atom. The van der Waals surface area contributed by atoms with Gasteiger partial charge in [-0.1, -0.05) is 0 Å². The fraction of sp³-hybridized carbons (Fsp3) is 0.500. The zero-order valence-corrected chi connectivity index (χ0v) is 10.5. The molecule has 0 amide bonds. The molecule has 0 saturated heterocycles. The molecule has 0 saturated carbocycles. The van der Waals surface area contributed by atoms with Crippen LogP contribution in [0.2, 0.25) is 0 Å². The summed E-state index contributed by atoms with van der Waals surface area (Å²) in [5.41, 5.74) is 2.19. The van der Waals surface area contributed by atoms with Crippen molar-refractivity contribution in [1.82, 2.24) is 0 Å². The molecule has 0 aliphatic carbocycles. The van der Waals surface area contributed by atoms with Crippen LogP contribution in [0.1, 0.15) is 19.3 Å². The van der Waals surface area contributed by atoms with Gasteiger partial charge >= 0.3 is 29.8 Å². The van der Waals surface area contributed by atoms with Gasteiger partial charge in [0.1, 0.15) is 6.04 Å². The molecule has 0 aromatic carbocycles. The molecule has 0 aromatic rings. The smallest absolute Gasteiger partial charge is 0.349 e. The van der Waals surface area contributed by atoms with E-state index in [0.717, 1.165) is 0 Å². The number of carbonyl (C=O) groups is 5. The number of rotatable bonds is 9. The zero-order valence-electron chi connectivity index (χ0n) is 10.5. The molecule has 1 atom stereocenters. The van der Waals surface area contributed by atoms with Gasteiger partial charge in [0.2, 0.25) is 5.60 Å². The van der Waals surface area contributed by atoms with E-state index in [9.17, 15) is 24.0 Å². The predicted molar refractivity (Wildman–Crippen MR) is 61.2 cm³/mol. The molecule has 0 radical (unpaired) electrons. The summed E-state index contributed by atoms with van der Waals surface area (Å²) < 4.78 is 4.40. The maximum atomic E-state index is 11.4. The second-order valence-corrected chi connectivity index (χ2v) is 4.06. The summed E-state index contributed by atoms with van der Waals surface area (Å²) in [6, 6.07) is -1.70. The van der Waals surface area contributed by atoms with Gasteiger partial charge in [0.05, 0.1) is 19.3 Å². The molecule has 21 heavy (non-hydrogen) atoms. The highest BCUT2D eigenvalue weighted by Crippen LogP contribution is 2.23. The van der Waals surface area contributed by atoms with Crippen LogP contribution in [-0.4, -0.2) is 61.9 Å². The molecular formula is C10H13NO10. The van der Waals surface area contributed by atoms with Gasteiger partial charge in [-0.2, -0.15) is 0 Å². The van der Waals surface area contributed by atoms with Crippen molar-refractivity contribution >= 4 is 29.8 Å². The number of ether oxygens (including phenoxy) is 1. The quantitative estimate of drug-likeness (QED) is 0.298. The first kappa shape index (κ1) is 18.3. The van der Waals surface area contributed by atoms with Crippen molar-refractivity contribution in [2.45, 2.75) is 30.9 Å². The highest BCUT2D eigenvalue weighted by Gasteiger charge is 2.47. The normalized spacial score (nSPS) is 12.2. The number of carbonyl (C=O) groups excluding carboxylic acids is 1. The van der Waals surface area contributed by atoms with E-state index in [4.69, 9.17) is 26.2 Å². The summed E-state index contributed by atoms with van der Waals surface area (Å²) in [6.07, 6.45) is -3.55. The summed E-state index contributed by atoms with van der Waals surface area (Å²) in [5, 5.41) is 34.7. The lowest BCUT2D eigenvalue weighted by atomic mass is 9.95. The average molecular weight is 307 g/mol. The maximum absolute atomic E-state index is 11.4. The SMILES string of the molecule is NC(CC(=O)OC(CC(=O)O)(CC(=O)O)C(=O)O)C(=O)O. The number of hydrogen-bond donors (Lipinski definition) is 5. The second kappa shape index (κ2) is 7.19. The van der Waals surface area contributed by atoms with E-state index in [0.29, 0.717) is 0 Å². The monoisotopic (exact) mass is 307 g/mol. The molecule has 0 rings (SSSR count). The molecule has 0 heterocycles. The van der Waals surface area contributed by atoms with Crippen molar-refractivity contribution in [3.63, 3.8) is 0 Å². The van der Waals surface area contributed by atoms with E-state index < -0.39 is 60.8 Å². The highest BCUT2D eigenvalue weighted by molar-refractivity contribution is 5.91. The lowest BCUT2D eigenvalue weighted by molar-refractivity contribution is -0.186. The van der Waals surface area contributed by atoms with Gasteiger partial charge in [0, 0.05) is 0 Å². The first-order chi connectivity index (χ1) is 9.50. The molecule has 11 heteroatoms. The van der Waals surface area contributed by atoms with E-state index in [-0.39, 0.29) is 0 Å². The Balaban J connectivity index is 5.24. The third-order valence-electron chi connectivity index (χ3n) is 2.28. The first-order valence-corrected chi connectivity index (χ1v) is 5.37. The lowest BCUT2D eigenvalue weighted by Gasteiger charge is -2.26. The van der Waals surface area contributed by atoms with Gasteiger partial charge in [-0.05, 0) is 0 Å². The largest absolute Gasteiger partial charge is 0.481 e. The summed E-state index contributed by atoms with van der Waals surface area (Å²) in [4.78, 5) is 54.3. The number of esters is 1. The molecule has 0 bridgehead atoms. The van der Waals surface area contributed by atoms with Crippen molar-refractivity contribution in [3.8, 4) is 0 Å². The minimum atomic E-state index is -2.84. The van der Waals surface area contributed by atoms with Gasteiger partial charge < -0.3 is 30.9 Å². The van der Waals surface area contributed by atoms with E-state index >= 15 is 0 Å². The Hall–Kier alpha value is -2.69. The van der Waals surface area contributed by atoms with E-state index in [1.807, 2.05) is 0 Å². The van der Waals surface area contributed by atoms with Crippen molar-refractivity contribution in [2.24, 2.45) is 5.73 Å². The van der Waals surface area contributed by atoms with Crippen LogP contribution in [-0.2, 0) is 28.7 Å². The number of aliphatic carboxylic acids is 4. The number of hydrogen-bond acceptors (Lipinski definition) is 7. The topological polar surface area (TPSA) is 202 Å². The third-order valence-corrected chi connectivity index (χ3v) is 2.28. The van der Waals surface area contributed by atoms with Crippen LogP contribution in [0.15, 0.2) is 0 Å². The van der Waals surface area contributed by atoms with Crippen LogP contribution in [0.3, 0.4) is 0 Å². The summed E-state index contributed by atoms with van der Waals surface area (Å²) in [5.74, 6) is -8.41. The number of carboxylic acids is 4. The van der Waals surface area contributed by atoms with Crippen molar-refractivity contribution in [2.75, 3.05) is 0 Å². The fourth-order valence-electron chi connectivity index (χ4n) is 1.34. The van der Waals surface area contributed by atoms with Crippen molar-refractivity contribution < 1.29 is 49.1 Å².